The molecule has 10 heteroatoms. The SMILES string of the molecule is O=C(CNC(=O)NC1CC1)Nc1cc(Cl)ccc1OCC(F)(F)F. The van der Waals surface area contributed by atoms with E-state index in [9.17, 15) is 22.8 Å². The maximum Gasteiger partial charge on any atom is 0.422 e. The van der Waals surface area contributed by atoms with Crippen molar-refractivity contribution in [1.29, 1.82) is 0 Å². The zero-order chi connectivity index (χ0) is 17.7. The Morgan fingerprint density at radius 3 is 2.62 bits per heavy atom. The zero-order valence-corrected chi connectivity index (χ0v) is 13.1. The van der Waals surface area contributed by atoms with Crippen LogP contribution in [0.1, 0.15) is 12.8 Å². The van der Waals surface area contributed by atoms with E-state index in [4.69, 9.17) is 11.6 Å². The van der Waals surface area contributed by atoms with E-state index in [0.717, 1.165) is 12.8 Å². The molecule has 0 atom stereocenters. The van der Waals surface area contributed by atoms with Crippen LogP contribution < -0.4 is 20.7 Å². The second-order valence-corrected chi connectivity index (χ2v) is 5.63. The van der Waals surface area contributed by atoms with E-state index in [2.05, 4.69) is 20.7 Å². The van der Waals surface area contributed by atoms with Crippen molar-refractivity contribution >= 4 is 29.2 Å². The summed E-state index contributed by atoms with van der Waals surface area (Å²) in [5, 5.41) is 7.54. The van der Waals surface area contributed by atoms with Crippen LogP contribution in [0.4, 0.5) is 23.7 Å². The van der Waals surface area contributed by atoms with Crippen molar-refractivity contribution in [3.63, 3.8) is 0 Å². The number of amides is 3. The van der Waals surface area contributed by atoms with Gasteiger partial charge in [-0.2, -0.15) is 13.2 Å². The Bertz CT molecular complexity index is 621. The third kappa shape index (κ3) is 6.53. The average molecular weight is 366 g/mol. The molecule has 1 aromatic carbocycles. The number of rotatable bonds is 6. The fraction of sp³-hybridized carbons (Fsp3) is 0.429. The maximum atomic E-state index is 12.2. The number of ether oxygens (including phenoxy) is 1. The molecular formula is C14H15ClF3N3O3. The molecule has 1 aliphatic carbocycles. The lowest BCUT2D eigenvalue weighted by Crippen LogP contribution is -2.40. The first-order chi connectivity index (χ1) is 11.2. The van der Waals surface area contributed by atoms with Gasteiger partial charge in [-0.3, -0.25) is 4.79 Å². The number of nitrogens with one attached hydrogen (secondary N) is 3. The number of urea groups is 1. The first kappa shape index (κ1) is 18.2. The Hall–Kier alpha value is -2.16. The van der Waals surface area contributed by atoms with Crippen LogP contribution in [-0.2, 0) is 4.79 Å². The summed E-state index contributed by atoms with van der Waals surface area (Å²) in [4.78, 5) is 23.2. The van der Waals surface area contributed by atoms with Gasteiger partial charge in [0.25, 0.3) is 0 Å². The van der Waals surface area contributed by atoms with E-state index < -0.39 is 24.7 Å². The molecule has 0 unspecified atom stereocenters. The molecule has 1 aromatic rings. The lowest BCUT2D eigenvalue weighted by molar-refractivity contribution is -0.153. The number of carbonyl (C=O) groups excluding carboxylic acids is 2. The summed E-state index contributed by atoms with van der Waals surface area (Å²) in [5.41, 5.74) is -0.0128. The van der Waals surface area contributed by atoms with Crippen molar-refractivity contribution in [2.24, 2.45) is 0 Å². The van der Waals surface area contributed by atoms with Crippen LogP contribution >= 0.6 is 11.6 Å². The van der Waals surface area contributed by atoms with Gasteiger partial charge in [-0.1, -0.05) is 11.6 Å². The summed E-state index contributed by atoms with van der Waals surface area (Å²) in [6.07, 6.45) is -2.70. The van der Waals surface area contributed by atoms with E-state index in [1.165, 1.54) is 18.2 Å². The minimum Gasteiger partial charge on any atom is -0.482 e. The van der Waals surface area contributed by atoms with Gasteiger partial charge in [0.1, 0.15) is 5.75 Å². The normalized spacial score (nSPS) is 14.0. The Morgan fingerprint density at radius 2 is 2.00 bits per heavy atom. The zero-order valence-electron chi connectivity index (χ0n) is 12.4. The molecule has 6 nitrogen and oxygen atoms in total. The van der Waals surface area contributed by atoms with Crippen molar-refractivity contribution in [3.05, 3.63) is 23.2 Å². The predicted molar refractivity (Wildman–Crippen MR) is 81.2 cm³/mol. The highest BCUT2D eigenvalue weighted by molar-refractivity contribution is 6.31. The molecule has 132 valence electrons. The van der Waals surface area contributed by atoms with Crippen LogP contribution in [0.15, 0.2) is 18.2 Å². The molecule has 2 rings (SSSR count). The Balaban J connectivity index is 1.90. The molecule has 24 heavy (non-hydrogen) atoms. The van der Waals surface area contributed by atoms with Gasteiger partial charge in [-0.15, -0.1) is 0 Å². The molecule has 0 radical (unpaired) electrons. The van der Waals surface area contributed by atoms with Gasteiger partial charge in [-0.25, -0.2) is 4.79 Å². The predicted octanol–water partition coefficient (Wildman–Crippen LogP) is 2.68. The fourth-order valence-electron chi connectivity index (χ4n) is 1.70. The minimum atomic E-state index is -4.51. The molecule has 1 fully saturated rings. The summed E-state index contributed by atoms with van der Waals surface area (Å²) in [6.45, 7) is -1.84. The summed E-state index contributed by atoms with van der Waals surface area (Å²) in [5.74, 6) is -0.799. The standard InChI is InChI=1S/C14H15ClF3N3O3/c15-8-1-4-11(24-7-14(16,17)18)10(5-8)21-12(22)6-19-13(23)20-9-2-3-9/h1,4-5,9H,2-3,6-7H2,(H,21,22)(H2,19,20,23). The van der Waals surface area contributed by atoms with Crippen molar-refractivity contribution in [2.75, 3.05) is 18.5 Å². The van der Waals surface area contributed by atoms with Crippen molar-refractivity contribution in [2.45, 2.75) is 25.1 Å². The van der Waals surface area contributed by atoms with Gasteiger partial charge < -0.3 is 20.7 Å². The van der Waals surface area contributed by atoms with Gasteiger partial charge in [0.15, 0.2) is 6.61 Å². The summed E-state index contributed by atoms with van der Waals surface area (Å²) in [7, 11) is 0. The quantitative estimate of drug-likeness (QED) is 0.725. The number of carbonyl (C=O) groups is 2. The molecule has 0 aliphatic heterocycles. The van der Waals surface area contributed by atoms with Crippen molar-refractivity contribution in [3.8, 4) is 5.75 Å². The number of anilines is 1. The molecule has 3 N–H and O–H groups in total. The van der Waals surface area contributed by atoms with Crippen molar-refractivity contribution < 1.29 is 27.5 Å². The van der Waals surface area contributed by atoms with Gasteiger partial charge >= 0.3 is 12.2 Å². The van der Waals surface area contributed by atoms with Crippen LogP contribution in [0, 0.1) is 0 Å². The third-order valence-corrected chi connectivity index (χ3v) is 3.16. The van der Waals surface area contributed by atoms with E-state index in [-0.39, 0.29) is 29.0 Å². The third-order valence-electron chi connectivity index (χ3n) is 2.93. The topological polar surface area (TPSA) is 79.5 Å². The van der Waals surface area contributed by atoms with Crippen LogP contribution in [0.2, 0.25) is 5.02 Å². The second kappa shape index (κ2) is 7.61. The lowest BCUT2D eigenvalue weighted by atomic mass is 10.3. The maximum absolute atomic E-state index is 12.2. The average Bonchev–Trinajstić information content (AvgIpc) is 3.27. The summed E-state index contributed by atoms with van der Waals surface area (Å²) >= 11 is 5.77. The number of halogens is 4. The Morgan fingerprint density at radius 1 is 1.29 bits per heavy atom. The second-order valence-electron chi connectivity index (χ2n) is 5.19. The first-order valence-electron chi connectivity index (χ1n) is 7.06. The Kier molecular flexibility index (Phi) is 5.76. The molecule has 1 saturated carbocycles. The van der Waals surface area contributed by atoms with Crippen LogP contribution in [0.3, 0.4) is 0 Å². The van der Waals surface area contributed by atoms with Gasteiger partial charge in [0.2, 0.25) is 5.91 Å². The molecule has 0 aromatic heterocycles. The monoisotopic (exact) mass is 365 g/mol. The number of hydrogen-bond donors (Lipinski definition) is 3. The van der Waals surface area contributed by atoms with Gasteiger partial charge in [-0.05, 0) is 31.0 Å². The smallest absolute Gasteiger partial charge is 0.422 e. The van der Waals surface area contributed by atoms with Gasteiger partial charge in [0.05, 0.1) is 12.2 Å². The van der Waals surface area contributed by atoms with Gasteiger partial charge in [0, 0.05) is 11.1 Å². The molecule has 0 spiro atoms. The highest BCUT2D eigenvalue weighted by atomic mass is 35.5. The molecular weight excluding hydrogens is 351 g/mol. The van der Waals surface area contributed by atoms with Crippen LogP contribution in [0.25, 0.3) is 0 Å². The van der Waals surface area contributed by atoms with E-state index >= 15 is 0 Å². The largest absolute Gasteiger partial charge is 0.482 e. The highest BCUT2D eigenvalue weighted by Crippen LogP contribution is 2.29. The van der Waals surface area contributed by atoms with E-state index in [1.54, 1.807) is 0 Å². The summed E-state index contributed by atoms with van der Waals surface area (Å²) < 4.78 is 41.4. The molecule has 3 amide bonds. The molecule has 0 heterocycles. The molecule has 1 aliphatic rings. The minimum absolute atomic E-state index is 0.0128. The number of alkyl halides is 3. The van der Waals surface area contributed by atoms with E-state index in [1.807, 2.05) is 0 Å². The number of hydrogen-bond acceptors (Lipinski definition) is 3. The Labute approximate surface area is 140 Å². The van der Waals surface area contributed by atoms with E-state index in [0.29, 0.717) is 0 Å². The van der Waals surface area contributed by atoms with Crippen molar-refractivity contribution in [1.82, 2.24) is 10.6 Å². The number of benzene rings is 1. The van der Waals surface area contributed by atoms with Crippen LogP contribution in [0.5, 0.6) is 5.75 Å². The van der Waals surface area contributed by atoms with Crippen LogP contribution in [-0.4, -0.2) is 37.3 Å². The molecule has 0 saturated heterocycles. The fourth-order valence-corrected chi connectivity index (χ4v) is 1.88. The molecule has 0 bridgehead atoms. The summed E-state index contributed by atoms with van der Waals surface area (Å²) in [6, 6.07) is 3.48. The first-order valence-corrected chi connectivity index (χ1v) is 7.44. The lowest BCUT2D eigenvalue weighted by Gasteiger charge is -2.14. The highest BCUT2D eigenvalue weighted by Gasteiger charge is 2.29.